The molecule has 0 amide bonds. The fraction of sp³-hybridized carbons (Fsp3) is 0.667. The molecule has 3 nitrogen and oxygen atoms in total. The Balaban J connectivity index is 1.96. The summed E-state index contributed by atoms with van der Waals surface area (Å²) in [6.07, 6.45) is 5.46. The van der Waals surface area contributed by atoms with E-state index in [-0.39, 0.29) is 11.9 Å². The van der Waals surface area contributed by atoms with Crippen LogP contribution in [0.1, 0.15) is 52.0 Å². The number of carbonyl (C=O) groups excluding carboxylic acids is 1. The second kappa shape index (κ2) is 9.10. The fourth-order valence-electron chi connectivity index (χ4n) is 4.10. The number of aryl methyl sites for hydroxylation is 1. The molecule has 1 aliphatic rings. The summed E-state index contributed by atoms with van der Waals surface area (Å²) in [5.74, 6) is 2.81. The maximum Gasteiger partial charge on any atom is 0.309 e. The molecule has 3 atom stereocenters. The number of rotatable bonds is 8. The van der Waals surface area contributed by atoms with Crippen molar-refractivity contribution in [2.24, 2.45) is 23.7 Å². The van der Waals surface area contributed by atoms with E-state index in [1.165, 1.54) is 12.0 Å². The van der Waals surface area contributed by atoms with Crippen LogP contribution >= 0.6 is 0 Å². The third-order valence-corrected chi connectivity index (χ3v) is 5.15. The van der Waals surface area contributed by atoms with Crippen LogP contribution in [-0.2, 0) is 16.0 Å². The number of benzene rings is 1. The van der Waals surface area contributed by atoms with Crippen molar-refractivity contribution < 1.29 is 14.3 Å². The number of hydrogen-bond acceptors (Lipinski definition) is 3. The molecule has 0 aromatic heterocycles. The van der Waals surface area contributed by atoms with Gasteiger partial charge in [0.2, 0.25) is 0 Å². The molecule has 0 spiro atoms. The van der Waals surface area contributed by atoms with E-state index in [9.17, 15) is 4.79 Å². The summed E-state index contributed by atoms with van der Waals surface area (Å²) >= 11 is 0. The Hall–Kier alpha value is -1.51. The van der Waals surface area contributed by atoms with E-state index in [2.05, 4.69) is 26.0 Å². The minimum Gasteiger partial charge on any atom is -0.497 e. The van der Waals surface area contributed by atoms with Crippen molar-refractivity contribution >= 4 is 5.97 Å². The SMILES string of the molecule is CCOC(=O)[C@@H]1C[C@@H](CC(C)C)C[C@@H]1CCc1ccc(OC)cc1. The lowest BCUT2D eigenvalue weighted by molar-refractivity contribution is -0.149. The number of esters is 1. The third-order valence-electron chi connectivity index (χ3n) is 5.15. The molecule has 1 aromatic carbocycles. The molecule has 24 heavy (non-hydrogen) atoms. The first-order valence-corrected chi connectivity index (χ1v) is 9.33. The van der Waals surface area contributed by atoms with Gasteiger partial charge in [0.05, 0.1) is 19.6 Å². The van der Waals surface area contributed by atoms with Crippen LogP contribution in [0.2, 0.25) is 0 Å². The van der Waals surface area contributed by atoms with Crippen LogP contribution in [0, 0.1) is 23.7 Å². The van der Waals surface area contributed by atoms with E-state index in [0.29, 0.717) is 24.4 Å². The molecule has 0 unspecified atom stereocenters. The van der Waals surface area contributed by atoms with Gasteiger partial charge >= 0.3 is 5.97 Å². The van der Waals surface area contributed by atoms with E-state index in [1.54, 1.807) is 7.11 Å². The van der Waals surface area contributed by atoms with Gasteiger partial charge in [0, 0.05) is 0 Å². The first kappa shape index (κ1) is 18.8. The average molecular weight is 332 g/mol. The second-order valence-corrected chi connectivity index (χ2v) is 7.47. The molecule has 0 radical (unpaired) electrons. The van der Waals surface area contributed by atoms with Crippen molar-refractivity contribution in [3.8, 4) is 5.75 Å². The number of ether oxygens (including phenoxy) is 2. The third kappa shape index (κ3) is 5.25. The van der Waals surface area contributed by atoms with Gasteiger partial charge in [-0.2, -0.15) is 0 Å². The van der Waals surface area contributed by atoms with Gasteiger partial charge in [-0.05, 0) is 74.5 Å². The Morgan fingerprint density at radius 1 is 1.21 bits per heavy atom. The van der Waals surface area contributed by atoms with Crippen molar-refractivity contribution in [2.45, 2.75) is 52.9 Å². The molecule has 134 valence electrons. The Labute approximate surface area is 146 Å². The van der Waals surface area contributed by atoms with Crippen LogP contribution in [0.3, 0.4) is 0 Å². The highest BCUT2D eigenvalue weighted by Crippen LogP contribution is 2.42. The Bertz CT molecular complexity index is 506. The molecule has 1 aliphatic carbocycles. The topological polar surface area (TPSA) is 35.5 Å². The maximum absolute atomic E-state index is 12.3. The Morgan fingerprint density at radius 2 is 1.92 bits per heavy atom. The minimum atomic E-state index is 0.0171. The maximum atomic E-state index is 12.3. The standard InChI is InChI=1S/C21H32O3/c1-5-24-21(22)20-14-17(12-15(2)3)13-18(20)9-6-16-7-10-19(23-4)11-8-16/h7-8,10-11,15,17-18,20H,5-6,9,12-14H2,1-4H3/t17-,18-,20+/m0/s1. The second-order valence-electron chi connectivity index (χ2n) is 7.47. The predicted octanol–water partition coefficient (Wildman–Crippen LogP) is 4.88. The van der Waals surface area contributed by atoms with Crippen LogP contribution < -0.4 is 4.74 Å². The van der Waals surface area contributed by atoms with Gasteiger partial charge in [-0.1, -0.05) is 26.0 Å². The van der Waals surface area contributed by atoms with Gasteiger partial charge in [-0.25, -0.2) is 0 Å². The van der Waals surface area contributed by atoms with Crippen LogP contribution in [-0.4, -0.2) is 19.7 Å². The molecular formula is C21H32O3. The van der Waals surface area contributed by atoms with E-state index in [4.69, 9.17) is 9.47 Å². The van der Waals surface area contributed by atoms with Gasteiger partial charge in [-0.3, -0.25) is 4.79 Å². The van der Waals surface area contributed by atoms with Gasteiger partial charge in [0.25, 0.3) is 0 Å². The lowest BCUT2D eigenvalue weighted by Gasteiger charge is -2.18. The summed E-state index contributed by atoms with van der Waals surface area (Å²) in [6.45, 7) is 6.91. The predicted molar refractivity (Wildman–Crippen MR) is 97.1 cm³/mol. The van der Waals surface area contributed by atoms with Gasteiger partial charge in [0.1, 0.15) is 5.75 Å². The number of carbonyl (C=O) groups is 1. The molecule has 0 heterocycles. The van der Waals surface area contributed by atoms with Crippen LogP contribution in [0.4, 0.5) is 0 Å². The van der Waals surface area contributed by atoms with E-state index < -0.39 is 0 Å². The highest BCUT2D eigenvalue weighted by molar-refractivity contribution is 5.73. The molecule has 0 N–H and O–H groups in total. The highest BCUT2D eigenvalue weighted by Gasteiger charge is 2.39. The van der Waals surface area contributed by atoms with Gasteiger partial charge in [0.15, 0.2) is 0 Å². The quantitative estimate of drug-likeness (QED) is 0.637. The van der Waals surface area contributed by atoms with E-state index in [1.807, 2.05) is 19.1 Å². The first-order chi connectivity index (χ1) is 11.5. The zero-order valence-corrected chi connectivity index (χ0v) is 15.6. The van der Waals surface area contributed by atoms with Crippen molar-refractivity contribution in [3.05, 3.63) is 29.8 Å². The number of hydrogen-bond donors (Lipinski definition) is 0. The van der Waals surface area contributed by atoms with Crippen molar-refractivity contribution in [1.29, 1.82) is 0 Å². The summed E-state index contributed by atoms with van der Waals surface area (Å²) in [4.78, 5) is 12.3. The van der Waals surface area contributed by atoms with E-state index in [0.717, 1.165) is 31.4 Å². The lowest BCUT2D eigenvalue weighted by Crippen LogP contribution is -2.22. The molecule has 0 saturated heterocycles. The largest absolute Gasteiger partial charge is 0.497 e. The zero-order chi connectivity index (χ0) is 17.5. The molecule has 0 aliphatic heterocycles. The van der Waals surface area contributed by atoms with Crippen LogP contribution in [0.5, 0.6) is 5.75 Å². The van der Waals surface area contributed by atoms with Gasteiger partial charge in [-0.15, -0.1) is 0 Å². The molecule has 3 heteroatoms. The molecule has 1 saturated carbocycles. The molecule has 1 aromatic rings. The highest BCUT2D eigenvalue weighted by atomic mass is 16.5. The molecule has 0 bridgehead atoms. The summed E-state index contributed by atoms with van der Waals surface area (Å²) in [5, 5.41) is 0. The molecule has 2 rings (SSSR count). The van der Waals surface area contributed by atoms with Crippen LogP contribution in [0.15, 0.2) is 24.3 Å². The average Bonchev–Trinajstić information content (AvgIpc) is 2.95. The van der Waals surface area contributed by atoms with Crippen LogP contribution in [0.25, 0.3) is 0 Å². The van der Waals surface area contributed by atoms with E-state index >= 15 is 0 Å². The van der Waals surface area contributed by atoms with Crippen molar-refractivity contribution in [2.75, 3.05) is 13.7 Å². The minimum absolute atomic E-state index is 0.0171. The van der Waals surface area contributed by atoms with Crippen molar-refractivity contribution in [1.82, 2.24) is 0 Å². The Kier molecular flexibility index (Phi) is 7.14. The lowest BCUT2D eigenvalue weighted by atomic mass is 9.90. The normalized spacial score (nSPS) is 23.5. The smallest absolute Gasteiger partial charge is 0.309 e. The van der Waals surface area contributed by atoms with Crippen molar-refractivity contribution in [3.63, 3.8) is 0 Å². The molecule has 1 fully saturated rings. The number of methoxy groups -OCH3 is 1. The first-order valence-electron chi connectivity index (χ1n) is 9.33. The monoisotopic (exact) mass is 332 g/mol. The Morgan fingerprint density at radius 3 is 2.50 bits per heavy atom. The molecular weight excluding hydrogens is 300 g/mol. The zero-order valence-electron chi connectivity index (χ0n) is 15.6. The summed E-state index contributed by atoms with van der Waals surface area (Å²) in [5.41, 5.74) is 1.31. The summed E-state index contributed by atoms with van der Waals surface area (Å²) < 4.78 is 10.5. The summed E-state index contributed by atoms with van der Waals surface area (Å²) in [7, 11) is 1.69. The fourth-order valence-corrected chi connectivity index (χ4v) is 4.10. The van der Waals surface area contributed by atoms with Gasteiger partial charge < -0.3 is 9.47 Å². The summed E-state index contributed by atoms with van der Waals surface area (Å²) in [6, 6.07) is 8.26.